The predicted octanol–water partition coefficient (Wildman–Crippen LogP) is 3.90. The highest BCUT2D eigenvalue weighted by Crippen LogP contribution is 2.33. The van der Waals surface area contributed by atoms with Crippen LogP contribution in [0.5, 0.6) is 11.6 Å². The number of amides is 1. The maximum Gasteiger partial charge on any atom is 0.233 e. The van der Waals surface area contributed by atoms with Crippen molar-refractivity contribution in [2.45, 2.75) is 13.8 Å². The zero-order valence-electron chi connectivity index (χ0n) is 10.6. The highest BCUT2D eigenvalue weighted by molar-refractivity contribution is 9.10. The van der Waals surface area contributed by atoms with E-state index < -0.39 is 0 Å². The number of pyridine rings is 1. The standard InChI is InChI=1S/C14H13BrN2O2/c1-9-7-8-16-14(13(9)15)19-12-6-4-3-5-11(12)17-10(2)18/h3-8H,1-2H3,(H,17,18). The van der Waals surface area contributed by atoms with Gasteiger partial charge in [0, 0.05) is 13.1 Å². The number of nitrogens with zero attached hydrogens (tertiary/aromatic N) is 1. The molecule has 4 nitrogen and oxygen atoms in total. The zero-order valence-corrected chi connectivity index (χ0v) is 12.2. The molecule has 0 aliphatic rings. The van der Waals surface area contributed by atoms with Crippen molar-refractivity contribution < 1.29 is 9.53 Å². The lowest BCUT2D eigenvalue weighted by Crippen LogP contribution is -2.07. The van der Waals surface area contributed by atoms with E-state index in [4.69, 9.17) is 4.74 Å². The number of hydrogen-bond acceptors (Lipinski definition) is 3. The Bertz CT molecular complexity index is 614. The molecule has 1 aromatic carbocycles. The molecule has 1 amide bonds. The van der Waals surface area contributed by atoms with Crippen LogP contribution in [0.1, 0.15) is 12.5 Å². The Labute approximate surface area is 119 Å². The number of carbonyl (C=O) groups is 1. The normalized spacial score (nSPS) is 10.1. The molecule has 0 aliphatic carbocycles. The molecule has 2 rings (SSSR count). The molecule has 0 atom stereocenters. The maximum atomic E-state index is 11.1. The van der Waals surface area contributed by atoms with Crippen LogP contribution in [0.2, 0.25) is 0 Å². The van der Waals surface area contributed by atoms with E-state index in [0.717, 1.165) is 10.0 Å². The van der Waals surface area contributed by atoms with Crippen LogP contribution in [0, 0.1) is 6.92 Å². The van der Waals surface area contributed by atoms with E-state index in [9.17, 15) is 4.79 Å². The second-order valence-corrected chi connectivity index (χ2v) is 4.82. The predicted molar refractivity (Wildman–Crippen MR) is 77.5 cm³/mol. The molecule has 2 aromatic rings. The topological polar surface area (TPSA) is 51.2 Å². The molecular weight excluding hydrogens is 308 g/mol. The molecule has 1 heterocycles. The Balaban J connectivity index is 2.33. The molecule has 0 saturated carbocycles. The highest BCUT2D eigenvalue weighted by atomic mass is 79.9. The van der Waals surface area contributed by atoms with Gasteiger partial charge in [-0.1, -0.05) is 12.1 Å². The molecule has 19 heavy (non-hydrogen) atoms. The summed E-state index contributed by atoms with van der Waals surface area (Å²) in [5.74, 6) is 0.876. The summed E-state index contributed by atoms with van der Waals surface area (Å²) in [5, 5.41) is 2.72. The van der Waals surface area contributed by atoms with Crippen LogP contribution in [-0.2, 0) is 4.79 Å². The number of anilines is 1. The van der Waals surface area contributed by atoms with Gasteiger partial charge in [-0.3, -0.25) is 4.79 Å². The van der Waals surface area contributed by atoms with Gasteiger partial charge in [-0.15, -0.1) is 0 Å². The molecular formula is C14H13BrN2O2. The van der Waals surface area contributed by atoms with Gasteiger partial charge in [-0.25, -0.2) is 4.98 Å². The molecule has 5 heteroatoms. The van der Waals surface area contributed by atoms with Crippen LogP contribution in [0.25, 0.3) is 0 Å². The Morgan fingerprint density at radius 1 is 1.32 bits per heavy atom. The lowest BCUT2D eigenvalue weighted by molar-refractivity contribution is -0.114. The molecule has 1 aromatic heterocycles. The van der Waals surface area contributed by atoms with Crippen LogP contribution in [0.3, 0.4) is 0 Å². The van der Waals surface area contributed by atoms with Crippen molar-refractivity contribution in [3.63, 3.8) is 0 Å². The average Bonchev–Trinajstić information content (AvgIpc) is 2.36. The number of aryl methyl sites for hydroxylation is 1. The minimum atomic E-state index is -0.146. The minimum Gasteiger partial charge on any atom is -0.436 e. The van der Waals surface area contributed by atoms with E-state index in [2.05, 4.69) is 26.2 Å². The molecule has 0 fully saturated rings. The quantitative estimate of drug-likeness (QED) is 0.933. The van der Waals surface area contributed by atoms with Gasteiger partial charge in [0.15, 0.2) is 5.75 Å². The fraction of sp³-hybridized carbons (Fsp3) is 0.143. The van der Waals surface area contributed by atoms with Crippen LogP contribution < -0.4 is 10.1 Å². The number of aromatic nitrogens is 1. The number of hydrogen-bond donors (Lipinski definition) is 1. The van der Waals surface area contributed by atoms with Gasteiger partial charge < -0.3 is 10.1 Å². The van der Waals surface area contributed by atoms with E-state index in [1.807, 2.05) is 25.1 Å². The number of para-hydroxylation sites is 2. The van der Waals surface area contributed by atoms with E-state index >= 15 is 0 Å². The monoisotopic (exact) mass is 320 g/mol. The summed E-state index contributed by atoms with van der Waals surface area (Å²) in [4.78, 5) is 15.3. The largest absolute Gasteiger partial charge is 0.436 e. The van der Waals surface area contributed by atoms with Gasteiger partial charge in [0.25, 0.3) is 0 Å². The number of benzene rings is 1. The molecule has 1 N–H and O–H groups in total. The Hall–Kier alpha value is -1.88. The Morgan fingerprint density at radius 2 is 2.05 bits per heavy atom. The van der Waals surface area contributed by atoms with Crippen LogP contribution in [0.15, 0.2) is 41.0 Å². The summed E-state index contributed by atoms with van der Waals surface area (Å²) < 4.78 is 6.55. The third-order valence-electron chi connectivity index (χ3n) is 2.45. The van der Waals surface area contributed by atoms with Gasteiger partial charge in [-0.05, 0) is 46.6 Å². The average molecular weight is 321 g/mol. The van der Waals surface area contributed by atoms with Crippen molar-refractivity contribution >= 4 is 27.5 Å². The number of rotatable bonds is 3. The number of nitrogens with one attached hydrogen (secondary N) is 1. The third-order valence-corrected chi connectivity index (χ3v) is 3.42. The van der Waals surface area contributed by atoms with Crippen molar-refractivity contribution in [2.75, 3.05) is 5.32 Å². The second-order valence-electron chi connectivity index (χ2n) is 4.03. The van der Waals surface area contributed by atoms with Crippen LogP contribution in [0.4, 0.5) is 5.69 Å². The fourth-order valence-corrected chi connectivity index (χ4v) is 1.85. The van der Waals surface area contributed by atoms with Gasteiger partial charge in [0.1, 0.15) is 0 Å². The molecule has 0 bridgehead atoms. The van der Waals surface area contributed by atoms with Crippen molar-refractivity contribution in [1.82, 2.24) is 4.98 Å². The SMILES string of the molecule is CC(=O)Nc1ccccc1Oc1nccc(C)c1Br. The molecule has 0 saturated heterocycles. The van der Waals surface area contributed by atoms with Gasteiger partial charge in [0.05, 0.1) is 10.2 Å². The summed E-state index contributed by atoms with van der Waals surface area (Å²) in [6.45, 7) is 3.41. The first kappa shape index (κ1) is 13.5. The van der Waals surface area contributed by atoms with Gasteiger partial charge in [0.2, 0.25) is 11.8 Å². The zero-order chi connectivity index (χ0) is 13.8. The minimum absolute atomic E-state index is 0.146. The van der Waals surface area contributed by atoms with Crippen molar-refractivity contribution in [2.24, 2.45) is 0 Å². The van der Waals surface area contributed by atoms with Gasteiger partial charge >= 0.3 is 0 Å². The molecule has 0 spiro atoms. The van der Waals surface area contributed by atoms with Crippen LogP contribution in [-0.4, -0.2) is 10.9 Å². The summed E-state index contributed by atoms with van der Waals surface area (Å²) in [5.41, 5.74) is 1.65. The summed E-state index contributed by atoms with van der Waals surface area (Å²) >= 11 is 3.44. The number of ether oxygens (including phenoxy) is 1. The molecule has 0 unspecified atom stereocenters. The van der Waals surface area contributed by atoms with E-state index in [-0.39, 0.29) is 5.91 Å². The number of carbonyl (C=O) groups excluding carboxylic acids is 1. The maximum absolute atomic E-state index is 11.1. The molecule has 0 radical (unpaired) electrons. The Kier molecular flexibility index (Phi) is 4.16. The van der Waals surface area contributed by atoms with Crippen molar-refractivity contribution in [3.05, 3.63) is 46.6 Å². The van der Waals surface area contributed by atoms with E-state index in [1.165, 1.54) is 6.92 Å². The highest BCUT2D eigenvalue weighted by Gasteiger charge is 2.10. The van der Waals surface area contributed by atoms with Crippen molar-refractivity contribution in [3.8, 4) is 11.6 Å². The lowest BCUT2D eigenvalue weighted by Gasteiger charge is -2.12. The third kappa shape index (κ3) is 3.32. The first-order valence-corrected chi connectivity index (χ1v) is 6.53. The van der Waals surface area contributed by atoms with Gasteiger partial charge in [-0.2, -0.15) is 0 Å². The summed E-state index contributed by atoms with van der Waals surface area (Å²) in [7, 11) is 0. The first-order chi connectivity index (χ1) is 9.08. The first-order valence-electron chi connectivity index (χ1n) is 5.73. The van der Waals surface area contributed by atoms with E-state index in [1.54, 1.807) is 18.3 Å². The lowest BCUT2D eigenvalue weighted by atomic mass is 10.3. The summed E-state index contributed by atoms with van der Waals surface area (Å²) in [6, 6.07) is 9.11. The summed E-state index contributed by atoms with van der Waals surface area (Å²) in [6.07, 6.45) is 1.68. The molecule has 98 valence electrons. The Morgan fingerprint density at radius 3 is 2.79 bits per heavy atom. The van der Waals surface area contributed by atoms with E-state index in [0.29, 0.717) is 17.3 Å². The van der Waals surface area contributed by atoms with Crippen molar-refractivity contribution in [1.29, 1.82) is 0 Å². The fourth-order valence-electron chi connectivity index (χ4n) is 1.54. The smallest absolute Gasteiger partial charge is 0.233 e. The number of halogens is 1. The second kappa shape index (κ2) is 5.84. The van der Waals surface area contributed by atoms with Crippen LogP contribution >= 0.6 is 15.9 Å². The molecule has 0 aliphatic heterocycles.